The number of aliphatic imine (C=N–C) groups is 1. The number of nitrogens with zero attached hydrogens (tertiary/aromatic N) is 2. The molecule has 2 aliphatic rings. The van der Waals surface area contributed by atoms with Gasteiger partial charge in [-0.1, -0.05) is 19.3 Å². The van der Waals surface area contributed by atoms with Crippen LogP contribution >= 0.6 is 24.0 Å². The first kappa shape index (κ1) is 25.9. The quantitative estimate of drug-likeness (QED) is 0.315. The third-order valence-electron chi connectivity index (χ3n) is 5.87. The number of sulfone groups is 1. The molecule has 0 atom stereocenters. The van der Waals surface area contributed by atoms with Gasteiger partial charge in [0.25, 0.3) is 0 Å². The van der Waals surface area contributed by atoms with Gasteiger partial charge in [-0.2, -0.15) is 0 Å². The Labute approximate surface area is 189 Å². The van der Waals surface area contributed by atoms with Gasteiger partial charge in [-0.25, -0.2) is 8.42 Å². The van der Waals surface area contributed by atoms with Crippen LogP contribution in [0, 0.1) is 0 Å². The van der Waals surface area contributed by atoms with E-state index in [1.807, 2.05) is 6.92 Å². The Hall–Kier alpha value is -0.0900. The second kappa shape index (κ2) is 11.9. The Kier molecular flexibility index (Phi) is 11.1. The molecule has 1 saturated heterocycles. The van der Waals surface area contributed by atoms with E-state index in [1.54, 1.807) is 20.8 Å². The third kappa shape index (κ3) is 7.97. The van der Waals surface area contributed by atoms with Gasteiger partial charge in [-0.15, -0.1) is 24.0 Å². The molecule has 2 N–H and O–H groups in total. The van der Waals surface area contributed by atoms with E-state index in [0.717, 1.165) is 44.5 Å². The Bertz CT molecular complexity index is 576. The molecule has 0 aromatic carbocycles. The standard InChI is InChI=1S/C20H40N4O2S.HI/c1-5-21-19(22-13-16-27(25,26)20(2,3)4)23-17-11-14-24(15-12-17)18-9-7-6-8-10-18;/h17-18H,5-16H2,1-4H3,(H2,21,22,23);1H. The van der Waals surface area contributed by atoms with E-state index in [1.165, 1.54) is 32.1 Å². The van der Waals surface area contributed by atoms with E-state index >= 15 is 0 Å². The van der Waals surface area contributed by atoms with Crippen molar-refractivity contribution in [1.82, 2.24) is 15.5 Å². The summed E-state index contributed by atoms with van der Waals surface area (Å²) in [6.45, 7) is 10.7. The van der Waals surface area contributed by atoms with Crippen LogP contribution in [0.25, 0.3) is 0 Å². The van der Waals surface area contributed by atoms with E-state index < -0.39 is 14.6 Å². The average molecular weight is 529 g/mol. The number of halogens is 1. The van der Waals surface area contributed by atoms with E-state index in [4.69, 9.17) is 0 Å². The van der Waals surface area contributed by atoms with Crippen LogP contribution in [0.2, 0.25) is 0 Å². The molecule has 1 heterocycles. The summed E-state index contributed by atoms with van der Waals surface area (Å²) in [5.41, 5.74) is 0. The molecule has 28 heavy (non-hydrogen) atoms. The Morgan fingerprint density at radius 1 is 1.07 bits per heavy atom. The van der Waals surface area contributed by atoms with Crippen LogP contribution in [0.15, 0.2) is 4.99 Å². The van der Waals surface area contributed by atoms with Gasteiger partial charge in [-0.3, -0.25) is 4.99 Å². The minimum absolute atomic E-state index is 0. The van der Waals surface area contributed by atoms with Crippen molar-refractivity contribution in [2.45, 2.75) is 89.5 Å². The van der Waals surface area contributed by atoms with E-state index in [2.05, 4.69) is 20.5 Å². The normalized spacial score (nSPS) is 21.2. The van der Waals surface area contributed by atoms with Gasteiger partial charge in [0.15, 0.2) is 15.8 Å². The zero-order chi connectivity index (χ0) is 19.9. The van der Waals surface area contributed by atoms with Crippen LogP contribution in [0.5, 0.6) is 0 Å². The highest BCUT2D eigenvalue weighted by Crippen LogP contribution is 2.25. The number of hydrogen-bond acceptors (Lipinski definition) is 4. The molecule has 0 bridgehead atoms. The third-order valence-corrected chi connectivity index (χ3v) is 8.45. The zero-order valence-corrected chi connectivity index (χ0v) is 21.3. The largest absolute Gasteiger partial charge is 0.357 e. The fraction of sp³-hybridized carbons (Fsp3) is 0.950. The molecule has 0 amide bonds. The molecule has 1 aliphatic heterocycles. The number of likely N-dealkylation sites (tertiary alicyclic amines) is 1. The molecular weight excluding hydrogens is 487 g/mol. The van der Waals surface area contributed by atoms with E-state index in [0.29, 0.717) is 12.6 Å². The van der Waals surface area contributed by atoms with E-state index in [9.17, 15) is 8.42 Å². The zero-order valence-electron chi connectivity index (χ0n) is 18.2. The van der Waals surface area contributed by atoms with Gasteiger partial charge in [0.2, 0.25) is 0 Å². The predicted molar refractivity (Wildman–Crippen MR) is 130 cm³/mol. The summed E-state index contributed by atoms with van der Waals surface area (Å²) in [4.78, 5) is 7.19. The van der Waals surface area contributed by atoms with Crippen LogP contribution in [-0.4, -0.2) is 68.0 Å². The average Bonchev–Trinajstić information content (AvgIpc) is 2.62. The molecule has 1 aliphatic carbocycles. The summed E-state index contributed by atoms with van der Waals surface area (Å²) in [7, 11) is -3.13. The van der Waals surface area contributed by atoms with Crippen LogP contribution in [0.4, 0.5) is 0 Å². The van der Waals surface area contributed by atoms with Gasteiger partial charge in [0.1, 0.15) is 0 Å². The van der Waals surface area contributed by atoms with Gasteiger partial charge in [-0.05, 0) is 53.4 Å². The van der Waals surface area contributed by atoms with Gasteiger partial charge in [0, 0.05) is 31.7 Å². The first-order valence-electron chi connectivity index (χ1n) is 10.7. The lowest BCUT2D eigenvalue weighted by Crippen LogP contribution is -2.51. The molecule has 0 unspecified atom stereocenters. The summed E-state index contributed by atoms with van der Waals surface area (Å²) in [6.07, 6.45) is 9.16. The van der Waals surface area contributed by atoms with Gasteiger partial charge >= 0.3 is 0 Å². The lowest BCUT2D eigenvalue weighted by Gasteiger charge is -2.39. The molecule has 2 rings (SSSR count). The lowest BCUT2D eigenvalue weighted by molar-refractivity contribution is 0.119. The van der Waals surface area contributed by atoms with Crippen LogP contribution in [0.1, 0.15) is 72.6 Å². The van der Waals surface area contributed by atoms with Crippen molar-refractivity contribution < 1.29 is 8.42 Å². The fourth-order valence-corrected chi connectivity index (χ4v) is 4.90. The summed E-state index contributed by atoms with van der Waals surface area (Å²) in [6, 6.07) is 1.21. The van der Waals surface area contributed by atoms with E-state index in [-0.39, 0.29) is 29.7 Å². The Morgan fingerprint density at radius 3 is 2.21 bits per heavy atom. The maximum absolute atomic E-state index is 12.3. The minimum atomic E-state index is -3.13. The minimum Gasteiger partial charge on any atom is -0.357 e. The SMILES string of the molecule is CCNC(=NCCS(=O)(=O)C(C)(C)C)NC1CCN(C2CCCCC2)CC1.I. The van der Waals surface area contributed by atoms with Gasteiger partial charge in [0.05, 0.1) is 17.0 Å². The Balaban J connectivity index is 0.00000392. The number of nitrogens with one attached hydrogen (secondary N) is 2. The van der Waals surface area contributed by atoms with Crippen LogP contribution in [-0.2, 0) is 9.84 Å². The summed E-state index contributed by atoms with van der Waals surface area (Å²) >= 11 is 0. The monoisotopic (exact) mass is 528 g/mol. The molecule has 0 aromatic heterocycles. The highest BCUT2D eigenvalue weighted by molar-refractivity contribution is 14.0. The molecular formula is C20H41IN4O2S. The summed E-state index contributed by atoms with van der Waals surface area (Å²) < 4.78 is 23.8. The second-order valence-corrected chi connectivity index (χ2v) is 11.8. The molecule has 166 valence electrons. The van der Waals surface area contributed by atoms with Crippen molar-refractivity contribution in [3.05, 3.63) is 0 Å². The molecule has 0 spiro atoms. The highest BCUT2D eigenvalue weighted by Gasteiger charge is 2.29. The number of rotatable bonds is 6. The predicted octanol–water partition coefficient (Wildman–Crippen LogP) is 3.17. The maximum atomic E-state index is 12.3. The molecule has 6 nitrogen and oxygen atoms in total. The summed E-state index contributed by atoms with van der Waals surface area (Å²) in [5.74, 6) is 0.838. The topological polar surface area (TPSA) is 73.8 Å². The number of hydrogen-bond donors (Lipinski definition) is 2. The first-order chi connectivity index (χ1) is 12.7. The molecule has 0 radical (unpaired) electrons. The molecule has 8 heteroatoms. The molecule has 0 aromatic rings. The lowest BCUT2D eigenvalue weighted by atomic mass is 9.92. The van der Waals surface area contributed by atoms with Crippen molar-refractivity contribution in [3.8, 4) is 0 Å². The Morgan fingerprint density at radius 2 is 1.68 bits per heavy atom. The number of guanidine groups is 1. The van der Waals surface area contributed by atoms with Crippen LogP contribution < -0.4 is 10.6 Å². The van der Waals surface area contributed by atoms with Crippen molar-refractivity contribution in [2.75, 3.05) is 31.9 Å². The number of piperidine rings is 1. The maximum Gasteiger partial charge on any atom is 0.191 e. The molecule has 2 fully saturated rings. The highest BCUT2D eigenvalue weighted by atomic mass is 127. The van der Waals surface area contributed by atoms with Crippen molar-refractivity contribution in [1.29, 1.82) is 0 Å². The van der Waals surface area contributed by atoms with Crippen molar-refractivity contribution in [3.63, 3.8) is 0 Å². The molecule has 1 saturated carbocycles. The fourth-order valence-electron chi connectivity index (χ4n) is 3.95. The van der Waals surface area contributed by atoms with Crippen molar-refractivity contribution >= 4 is 39.8 Å². The first-order valence-corrected chi connectivity index (χ1v) is 12.4. The summed E-state index contributed by atoms with van der Waals surface area (Å²) in [5, 5.41) is 6.78. The van der Waals surface area contributed by atoms with Crippen LogP contribution in [0.3, 0.4) is 0 Å². The van der Waals surface area contributed by atoms with Gasteiger partial charge < -0.3 is 15.5 Å². The van der Waals surface area contributed by atoms with Crippen molar-refractivity contribution in [2.24, 2.45) is 4.99 Å². The smallest absolute Gasteiger partial charge is 0.191 e. The second-order valence-electron chi connectivity index (χ2n) is 8.94.